The first kappa shape index (κ1) is 11.3. The fourth-order valence-corrected chi connectivity index (χ4v) is 3.51. The summed E-state index contributed by atoms with van der Waals surface area (Å²) in [6, 6.07) is 6.39. The number of hydrogen-bond donors (Lipinski definition) is 0. The van der Waals surface area contributed by atoms with Crippen molar-refractivity contribution in [2.45, 2.75) is 38.0 Å². The van der Waals surface area contributed by atoms with Gasteiger partial charge in [0.1, 0.15) is 5.52 Å². The van der Waals surface area contributed by atoms with Crippen LogP contribution in [0.25, 0.3) is 10.9 Å². The molecule has 0 bridgehead atoms. The number of fused-ring (bicyclic) bond motifs is 1. The lowest BCUT2D eigenvalue weighted by Crippen LogP contribution is -2.09. The third-order valence-corrected chi connectivity index (χ3v) is 4.49. The van der Waals surface area contributed by atoms with Crippen molar-refractivity contribution in [3.8, 4) is 0 Å². The number of hydrogen-bond acceptors (Lipinski definition) is 1. The van der Waals surface area contributed by atoms with Crippen molar-refractivity contribution in [2.75, 3.05) is 0 Å². The molecule has 0 spiro atoms. The molecule has 0 aliphatic heterocycles. The number of benzene rings is 1. The van der Waals surface area contributed by atoms with Gasteiger partial charge in [0.05, 0.1) is 0 Å². The average molecular weight is 293 g/mol. The van der Waals surface area contributed by atoms with E-state index in [9.17, 15) is 0 Å². The maximum absolute atomic E-state index is 4.66. The molecule has 2 nitrogen and oxygen atoms in total. The Kier molecular flexibility index (Phi) is 2.95. The fourth-order valence-electron chi connectivity index (χ4n) is 3.06. The van der Waals surface area contributed by atoms with Crippen LogP contribution < -0.4 is 0 Å². The lowest BCUT2D eigenvalue weighted by molar-refractivity contribution is 0.426. The van der Waals surface area contributed by atoms with Gasteiger partial charge in [-0.2, -0.15) is 5.10 Å². The van der Waals surface area contributed by atoms with Crippen molar-refractivity contribution >= 4 is 26.8 Å². The highest BCUT2D eigenvalue weighted by Gasteiger charge is 2.22. The van der Waals surface area contributed by atoms with Crippen LogP contribution in [0.3, 0.4) is 0 Å². The van der Waals surface area contributed by atoms with E-state index in [0.29, 0.717) is 5.92 Å². The Hall–Kier alpha value is -0.830. The topological polar surface area (TPSA) is 17.8 Å². The maximum atomic E-state index is 4.66. The highest BCUT2D eigenvalue weighted by atomic mass is 79.9. The predicted molar refractivity (Wildman–Crippen MR) is 74.2 cm³/mol. The van der Waals surface area contributed by atoms with Crippen LogP contribution in [0, 0.1) is 0 Å². The minimum Gasteiger partial charge on any atom is -0.271 e. The molecule has 1 aromatic carbocycles. The number of aromatic nitrogens is 2. The number of nitrogens with zero attached hydrogens (tertiary/aromatic N) is 2. The molecule has 0 unspecified atom stereocenters. The largest absolute Gasteiger partial charge is 0.271 e. The maximum Gasteiger partial charge on any atom is 0.107 e. The van der Waals surface area contributed by atoms with Crippen LogP contribution in [0.1, 0.15) is 43.7 Å². The van der Waals surface area contributed by atoms with Crippen molar-refractivity contribution in [1.82, 2.24) is 9.78 Å². The van der Waals surface area contributed by atoms with Gasteiger partial charge in [0.25, 0.3) is 0 Å². The normalized spacial score (nSPS) is 17.8. The molecule has 1 heterocycles. The summed E-state index contributed by atoms with van der Waals surface area (Å²) in [6.07, 6.45) is 6.77. The fraction of sp³-hybridized carbons (Fsp3) is 0.500. The molecule has 1 fully saturated rings. The monoisotopic (exact) mass is 292 g/mol. The summed E-state index contributed by atoms with van der Waals surface area (Å²) >= 11 is 3.59. The molecule has 0 radical (unpaired) electrons. The molecule has 0 atom stereocenters. The minimum atomic E-state index is 0.702. The molecular weight excluding hydrogens is 276 g/mol. The Labute approximate surface area is 110 Å². The first-order chi connectivity index (χ1) is 8.27. The quantitative estimate of drug-likeness (QED) is 0.762. The lowest BCUT2D eigenvalue weighted by Gasteiger charge is -2.22. The van der Waals surface area contributed by atoms with Crippen LogP contribution >= 0.6 is 15.9 Å². The molecule has 17 heavy (non-hydrogen) atoms. The molecule has 3 rings (SSSR count). The molecule has 0 amide bonds. The van der Waals surface area contributed by atoms with E-state index in [4.69, 9.17) is 0 Å². The van der Waals surface area contributed by atoms with Crippen LogP contribution in [0.4, 0.5) is 0 Å². The predicted octanol–water partition coefficient (Wildman–Crippen LogP) is 4.38. The van der Waals surface area contributed by atoms with Gasteiger partial charge in [0, 0.05) is 28.5 Å². The van der Waals surface area contributed by atoms with E-state index in [1.807, 2.05) is 0 Å². The van der Waals surface area contributed by atoms with Crippen molar-refractivity contribution < 1.29 is 0 Å². The SMILES string of the molecule is Cn1nc2c(Br)cccc2c1C1CCCCC1. The van der Waals surface area contributed by atoms with E-state index in [1.165, 1.54) is 43.2 Å². The third-order valence-electron chi connectivity index (χ3n) is 3.85. The van der Waals surface area contributed by atoms with E-state index in [-0.39, 0.29) is 0 Å². The van der Waals surface area contributed by atoms with Crippen molar-refractivity contribution in [3.05, 3.63) is 28.4 Å². The zero-order valence-electron chi connectivity index (χ0n) is 10.1. The van der Waals surface area contributed by atoms with Gasteiger partial charge in [-0.05, 0) is 34.8 Å². The van der Waals surface area contributed by atoms with E-state index in [2.05, 4.69) is 51.0 Å². The number of aryl methyl sites for hydroxylation is 1. The highest BCUT2D eigenvalue weighted by Crippen LogP contribution is 2.37. The van der Waals surface area contributed by atoms with Crippen molar-refractivity contribution in [2.24, 2.45) is 7.05 Å². The average Bonchev–Trinajstić information content (AvgIpc) is 2.68. The summed E-state index contributed by atoms with van der Waals surface area (Å²) in [6.45, 7) is 0. The van der Waals surface area contributed by atoms with Gasteiger partial charge in [-0.15, -0.1) is 0 Å². The van der Waals surface area contributed by atoms with E-state index < -0.39 is 0 Å². The van der Waals surface area contributed by atoms with Gasteiger partial charge in [0.15, 0.2) is 0 Å². The third kappa shape index (κ3) is 1.90. The van der Waals surface area contributed by atoms with Crippen LogP contribution in [0.15, 0.2) is 22.7 Å². The highest BCUT2D eigenvalue weighted by molar-refractivity contribution is 9.10. The Morgan fingerprint density at radius 2 is 2.00 bits per heavy atom. The summed E-state index contributed by atoms with van der Waals surface area (Å²) in [7, 11) is 2.08. The van der Waals surface area contributed by atoms with E-state index in [1.54, 1.807) is 0 Å². The molecule has 1 aromatic heterocycles. The van der Waals surface area contributed by atoms with Crippen molar-refractivity contribution in [1.29, 1.82) is 0 Å². The number of halogens is 1. The van der Waals surface area contributed by atoms with Gasteiger partial charge >= 0.3 is 0 Å². The number of rotatable bonds is 1. The zero-order chi connectivity index (χ0) is 11.8. The first-order valence-electron chi connectivity index (χ1n) is 6.38. The van der Waals surface area contributed by atoms with Crippen molar-refractivity contribution in [3.63, 3.8) is 0 Å². The summed E-state index contributed by atoms with van der Waals surface area (Å²) in [5.74, 6) is 0.702. The minimum absolute atomic E-state index is 0.702. The molecule has 1 saturated carbocycles. The van der Waals surface area contributed by atoms with Gasteiger partial charge < -0.3 is 0 Å². The Balaban J connectivity index is 2.14. The summed E-state index contributed by atoms with van der Waals surface area (Å²) in [5, 5.41) is 5.99. The van der Waals surface area contributed by atoms with Crippen LogP contribution in [-0.4, -0.2) is 9.78 Å². The second-order valence-corrected chi connectivity index (χ2v) is 5.83. The molecule has 90 valence electrons. The standard InChI is InChI=1S/C14H17BrN2/c1-17-14(10-6-3-2-4-7-10)11-8-5-9-12(15)13(11)16-17/h5,8-10H,2-4,6-7H2,1H3. The molecule has 0 saturated heterocycles. The Morgan fingerprint density at radius 1 is 1.24 bits per heavy atom. The summed E-state index contributed by atoms with van der Waals surface area (Å²) < 4.78 is 3.19. The summed E-state index contributed by atoms with van der Waals surface area (Å²) in [4.78, 5) is 0. The molecule has 3 heteroatoms. The molecule has 0 N–H and O–H groups in total. The van der Waals surface area contributed by atoms with Gasteiger partial charge in [-0.3, -0.25) is 4.68 Å². The van der Waals surface area contributed by atoms with E-state index in [0.717, 1.165) is 9.99 Å². The van der Waals surface area contributed by atoms with Gasteiger partial charge in [-0.1, -0.05) is 31.4 Å². The van der Waals surface area contributed by atoms with Crippen LogP contribution in [0.5, 0.6) is 0 Å². The van der Waals surface area contributed by atoms with Crippen LogP contribution in [-0.2, 0) is 7.05 Å². The Bertz CT molecular complexity index is 538. The second-order valence-electron chi connectivity index (χ2n) is 4.98. The molecular formula is C14H17BrN2. The lowest BCUT2D eigenvalue weighted by atomic mass is 9.86. The van der Waals surface area contributed by atoms with Gasteiger partial charge in [0.2, 0.25) is 0 Å². The molecule has 1 aliphatic rings. The molecule has 2 aromatic rings. The first-order valence-corrected chi connectivity index (χ1v) is 7.18. The van der Waals surface area contributed by atoms with Gasteiger partial charge in [-0.25, -0.2) is 0 Å². The smallest absolute Gasteiger partial charge is 0.107 e. The van der Waals surface area contributed by atoms with E-state index >= 15 is 0 Å². The summed E-state index contributed by atoms with van der Waals surface area (Å²) in [5.41, 5.74) is 2.54. The molecule has 1 aliphatic carbocycles. The van der Waals surface area contributed by atoms with Crippen LogP contribution in [0.2, 0.25) is 0 Å². The Morgan fingerprint density at radius 3 is 2.76 bits per heavy atom. The second kappa shape index (κ2) is 4.45. The zero-order valence-corrected chi connectivity index (χ0v) is 11.7.